The first-order valence-corrected chi connectivity index (χ1v) is 25.0. The summed E-state index contributed by atoms with van der Waals surface area (Å²) in [6.07, 6.45) is 49.6. The van der Waals surface area contributed by atoms with E-state index in [1.54, 1.807) is 0 Å². The Bertz CT molecular complexity index is 1190. The highest BCUT2D eigenvalue weighted by molar-refractivity contribution is 7.45. The van der Waals surface area contributed by atoms with Crippen LogP contribution < -0.4 is 4.89 Å². The molecule has 9 nitrogen and oxygen atoms in total. The van der Waals surface area contributed by atoms with Gasteiger partial charge in [-0.1, -0.05) is 152 Å². The van der Waals surface area contributed by atoms with Crippen LogP contribution in [0.2, 0.25) is 0 Å². The predicted octanol–water partition coefficient (Wildman–Crippen LogP) is 13.0. The second-order valence-electron chi connectivity index (χ2n) is 16.8. The zero-order valence-electron chi connectivity index (χ0n) is 38.4. The van der Waals surface area contributed by atoms with Gasteiger partial charge in [-0.3, -0.25) is 14.2 Å². The van der Waals surface area contributed by atoms with Crippen molar-refractivity contribution >= 4 is 19.8 Å². The van der Waals surface area contributed by atoms with Crippen molar-refractivity contribution in [2.45, 2.75) is 193 Å². The molecule has 342 valence electrons. The van der Waals surface area contributed by atoms with E-state index in [0.29, 0.717) is 23.9 Å². The number of carbonyl (C=O) groups is 2. The van der Waals surface area contributed by atoms with Crippen LogP contribution in [0.5, 0.6) is 0 Å². The Hall–Kier alpha value is -2.29. The Morgan fingerprint density at radius 2 is 0.915 bits per heavy atom. The molecule has 0 saturated carbocycles. The molecule has 0 aliphatic heterocycles. The van der Waals surface area contributed by atoms with Crippen molar-refractivity contribution < 1.29 is 42.1 Å². The predicted molar refractivity (Wildman–Crippen MR) is 245 cm³/mol. The summed E-state index contributed by atoms with van der Waals surface area (Å²) >= 11 is 0. The summed E-state index contributed by atoms with van der Waals surface area (Å²) < 4.78 is 33.9. The third-order valence-electron chi connectivity index (χ3n) is 9.76. The molecular formula is C49H88NO8P. The van der Waals surface area contributed by atoms with Gasteiger partial charge in [-0.05, 0) is 83.5 Å². The molecule has 10 heteroatoms. The van der Waals surface area contributed by atoms with Crippen molar-refractivity contribution in [3.63, 3.8) is 0 Å². The molecule has 0 radical (unpaired) electrons. The number of hydrogen-bond donors (Lipinski definition) is 0. The summed E-state index contributed by atoms with van der Waals surface area (Å²) in [5.74, 6) is -0.882. The lowest BCUT2D eigenvalue weighted by Crippen LogP contribution is -2.37. The Morgan fingerprint density at radius 3 is 1.42 bits per heavy atom. The molecule has 0 fully saturated rings. The highest BCUT2D eigenvalue weighted by Crippen LogP contribution is 2.38. The highest BCUT2D eigenvalue weighted by atomic mass is 31.2. The van der Waals surface area contributed by atoms with E-state index in [1.807, 2.05) is 21.1 Å². The van der Waals surface area contributed by atoms with Crippen LogP contribution in [0.25, 0.3) is 0 Å². The molecule has 2 atom stereocenters. The fourth-order valence-corrected chi connectivity index (χ4v) is 6.77. The molecule has 0 spiro atoms. The molecule has 0 aromatic rings. The minimum Gasteiger partial charge on any atom is -0.756 e. The highest BCUT2D eigenvalue weighted by Gasteiger charge is 2.21. The molecule has 0 aliphatic carbocycles. The zero-order chi connectivity index (χ0) is 43.6. The van der Waals surface area contributed by atoms with E-state index in [2.05, 4.69) is 74.6 Å². The van der Waals surface area contributed by atoms with E-state index in [4.69, 9.17) is 18.5 Å². The lowest BCUT2D eigenvalue weighted by molar-refractivity contribution is -0.870. The third kappa shape index (κ3) is 45.1. The first kappa shape index (κ1) is 56.7. The lowest BCUT2D eigenvalue weighted by Gasteiger charge is -2.28. The van der Waals surface area contributed by atoms with Gasteiger partial charge in [0.15, 0.2) is 6.10 Å². The van der Waals surface area contributed by atoms with Crippen molar-refractivity contribution in [1.82, 2.24) is 0 Å². The molecule has 0 rings (SSSR count). The molecule has 0 saturated heterocycles. The van der Waals surface area contributed by atoms with Crippen LogP contribution in [0.3, 0.4) is 0 Å². The maximum absolute atomic E-state index is 12.7. The molecule has 0 bridgehead atoms. The summed E-state index contributed by atoms with van der Waals surface area (Å²) in [5, 5.41) is 0. The zero-order valence-corrected chi connectivity index (χ0v) is 39.3. The summed E-state index contributed by atoms with van der Waals surface area (Å²) in [6.45, 7) is 4.15. The van der Waals surface area contributed by atoms with Gasteiger partial charge in [0.2, 0.25) is 0 Å². The third-order valence-corrected chi connectivity index (χ3v) is 10.7. The molecule has 1 unspecified atom stereocenters. The van der Waals surface area contributed by atoms with Crippen LogP contribution in [0.15, 0.2) is 60.8 Å². The fourth-order valence-electron chi connectivity index (χ4n) is 6.04. The van der Waals surface area contributed by atoms with Gasteiger partial charge in [-0.15, -0.1) is 0 Å². The van der Waals surface area contributed by atoms with Gasteiger partial charge >= 0.3 is 11.9 Å². The first-order chi connectivity index (χ1) is 28.5. The Kier molecular flexibility index (Phi) is 39.5. The molecule has 0 aromatic carbocycles. The van der Waals surface area contributed by atoms with Gasteiger partial charge in [0.05, 0.1) is 27.7 Å². The Balaban J connectivity index is 4.40. The molecule has 0 amide bonds. The quantitative estimate of drug-likeness (QED) is 0.0196. The Labute approximate surface area is 362 Å². The second-order valence-corrected chi connectivity index (χ2v) is 18.2. The van der Waals surface area contributed by atoms with Crippen LogP contribution in [-0.4, -0.2) is 70.0 Å². The minimum absolute atomic E-state index is 0.0400. The van der Waals surface area contributed by atoms with Crippen LogP contribution >= 0.6 is 7.82 Å². The number of phosphoric acid groups is 1. The smallest absolute Gasteiger partial charge is 0.306 e. The average Bonchev–Trinajstić information content (AvgIpc) is 3.19. The molecule has 0 N–H and O–H groups in total. The number of likely N-dealkylation sites (N-methyl/N-ethyl adjacent to an activating group) is 1. The van der Waals surface area contributed by atoms with Crippen LogP contribution in [0.1, 0.15) is 187 Å². The summed E-state index contributed by atoms with van der Waals surface area (Å²) in [6, 6.07) is 0. The van der Waals surface area contributed by atoms with Crippen molar-refractivity contribution in [2.24, 2.45) is 0 Å². The maximum atomic E-state index is 12.7. The molecule has 0 aliphatic rings. The Morgan fingerprint density at radius 1 is 0.525 bits per heavy atom. The lowest BCUT2D eigenvalue weighted by atomic mass is 10.1. The van der Waals surface area contributed by atoms with Gasteiger partial charge in [0.25, 0.3) is 7.82 Å². The van der Waals surface area contributed by atoms with Crippen molar-refractivity contribution in [3.05, 3.63) is 60.8 Å². The number of ether oxygens (including phenoxy) is 2. The number of quaternary nitrogens is 1. The van der Waals surface area contributed by atoms with Crippen molar-refractivity contribution in [3.8, 4) is 0 Å². The number of phosphoric ester groups is 1. The van der Waals surface area contributed by atoms with Crippen molar-refractivity contribution in [1.29, 1.82) is 0 Å². The summed E-state index contributed by atoms with van der Waals surface area (Å²) in [7, 11) is 1.13. The van der Waals surface area contributed by atoms with E-state index in [9.17, 15) is 19.0 Å². The van der Waals surface area contributed by atoms with E-state index in [-0.39, 0.29) is 26.1 Å². The molecular weight excluding hydrogens is 762 g/mol. The number of unbranched alkanes of at least 4 members (excludes halogenated alkanes) is 18. The van der Waals surface area contributed by atoms with Gasteiger partial charge in [0.1, 0.15) is 19.8 Å². The number of nitrogens with zero attached hydrogens (tertiary/aromatic N) is 1. The van der Waals surface area contributed by atoms with E-state index in [0.717, 1.165) is 70.6 Å². The van der Waals surface area contributed by atoms with E-state index in [1.165, 1.54) is 77.0 Å². The van der Waals surface area contributed by atoms with Gasteiger partial charge in [-0.25, -0.2) is 0 Å². The standard InChI is InChI=1S/C49H88NO8P/c1-6-8-10-12-14-16-18-20-22-24-25-26-28-29-31-33-35-37-39-41-48(51)55-45-47(46-57-59(53,54)56-44-43-50(3,4)5)58-49(52)42-40-38-36-34-32-30-27-23-21-19-17-15-13-11-9-7-2/h14,16,20,22-23,25-27,29,31,47H,6-13,15,17-19,21,24,28,30,32-46H2,1-5H3/b16-14-,22-20-,26-25-,27-23-,31-29-/t47-/m1/s1. The van der Waals surface area contributed by atoms with Crippen molar-refractivity contribution in [2.75, 3.05) is 47.5 Å². The van der Waals surface area contributed by atoms with E-state index < -0.39 is 32.5 Å². The van der Waals surface area contributed by atoms with Gasteiger partial charge in [0, 0.05) is 12.8 Å². The maximum Gasteiger partial charge on any atom is 0.306 e. The van der Waals surface area contributed by atoms with Gasteiger partial charge in [-0.2, -0.15) is 0 Å². The molecule has 0 aromatic heterocycles. The normalized spacial score (nSPS) is 14.1. The summed E-state index contributed by atoms with van der Waals surface area (Å²) in [4.78, 5) is 37.6. The second kappa shape index (κ2) is 41.1. The van der Waals surface area contributed by atoms with E-state index >= 15 is 0 Å². The topological polar surface area (TPSA) is 111 Å². The first-order valence-electron chi connectivity index (χ1n) is 23.5. The number of esters is 2. The largest absolute Gasteiger partial charge is 0.756 e. The minimum atomic E-state index is -4.64. The van der Waals surface area contributed by atoms with Gasteiger partial charge < -0.3 is 27.9 Å². The number of carbonyl (C=O) groups excluding carboxylic acids is 2. The fraction of sp³-hybridized carbons (Fsp3) is 0.755. The summed E-state index contributed by atoms with van der Waals surface area (Å²) in [5.41, 5.74) is 0. The number of rotatable bonds is 42. The number of hydrogen-bond acceptors (Lipinski definition) is 8. The average molecular weight is 850 g/mol. The van der Waals surface area contributed by atoms with Crippen LogP contribution in [0, 0.1) is 0 Å². The number of allylic oxidation sites excluding steroid dienone is 10. The molecule has 59 heavy (non-hydrogen) atoms. The van der Waals surface area contributed by atoms with Crippen LogP contribution in [-0.2, 0) is 32.7 Å². The molecule has 0 heterocycles. The van der Waals surface area contributed by atoms with Crippen LogP contribution in [0.4, 0.5) is 0 Å². The monoisotopic (exact) mass is 850 g/mol. The SMILES string of the molecule is CCCCC/C=C\C/C=C\C/C=C\C/C=C\CCCCCC(=O)OC[C@H](COP(=O)([O-])OCC[N+](C)(C)C)OC(=O)CCCCCCC/C=C\CCCCCCCCC.